The number of amides is 2. The second kappa shape index (κ2) is 11.3. The molecule has 1 aromatic carbocycles. The Morgan fingerprint density at radius 3 is 2.63 bits per heavy atom. The average Bonchev–Trinajstić information content (AvgIpc) is 3.11. The summed E-state index contributed by atoms with van der Waals surface area (Å²) in [6.45, 7) is 7.69. The van der Waals surface area contributed by atoms with Gasteiger partial charge in [-0.15, -0.1) is 11.8 Å². The van der Waals surface area contributed by atoms with Gasteiger partial charge in [-0.2, -0.15) is 0 Å². The van der Waals surface area contributed by atoms with Gasteiger partial charge >= 0.3 is 6.09 Å². The first-order valence-corrected chi connectivity index (χ1v) is 10.9. The summed E-state index contributed by atoms with van der Waals surface area (Å²) < 4.78 is 14.8. The van der Waals surface area contributed by atoms with E-state index in [1.807, 2.05) is 50.3 Å². The number of hydrogen-bond donors (Lipinski definition) is 0. The Balaban J connectivity index is 2.23. The van der Waals surface area contributed by atoms with Crippen molar-refractivity contribution in [3.8, 4) is 0 Å². The summed E-state index contributed by atoms with van der Waals surface area (Å²) in [5.41, 5.74) is 1.91. The van der Waals surface area contributed by atoms with E-state index in [0.717, 1.165) is 11.1 Å². The lowest BCUT2D eigenvalue weighted by atomic mass is 10.0. The molecule has 0 unspecified atom stereocenters. The monoisotopic (exact) mass is 433 g/mol. The smallest absolute Gasteiger partial charge is 0.417 e. The lowest BCUT2D eigenvalue weighted by Gasteiger charge is -2.31. The van der Waals surface area contributed by atoms with Gasteiger partial charge in [0.25, 0.3) is 5.91 Å². The summed E-state index contributed by atoms with van der Waals surface area (Å²) in [4.78, 5) is 27.4. The number of nitrogens with zero attached hydrogens (tertiary/aromatic N) is 1. The zero-order valence-corrected chi connectivity index (χ0v) is 18.9. The van der Waals surface area contributed by atoms with E-state index in [1.165, 1.54) is 16.7 Å². The molecule has 2 rings (SSSR count). The molecule has 0 aliphatic carbocycles. The second-order valence-corrected chi connectivity index (χ2v) is 8.88. The van der Waals surface area contributed by atoms with Gasteiger partial charge in [0.1, 0.15) is 11.4 Å². The molecule has 0 saturated carbocycles. The van der Waals surface area contributed by atoms with Crippen LogP contribution in [0.1, 0.15) is 25.8 Å². The van der Waals surface area contributed by atoms with E-state index in [4.69, 9.17) is 14.2 Å². The summed E-state index contributed by atoms with van der Waals surface area (Å²) in [6, 6.07) is 9.45. The van der Waals surface area contributed by atoms with Crippen molar-refractivity contribution in [3.63, 3.8) is 0 Å². The molecule has 1 fully saturated rings. The topological polar surface area (TPSA) is 65.1 Å². The molecule has 1 aliphatic heterocycles. The highest BCUT2D eigenvalue weighted by Crippen LogP contribution is 2.34. The van der Waals surface area contributed by atoms with E-state index in [2.05, 4.69) is 6.58 Å². The molecule has 164 valence electrons. The number of allylic oxidation sites excluding steroid dienone is 2. The molecule has 1 saturated heterocycles. The van der Waals surface area contributed by atoms with Crippen molar-refractivity contribution in [3.05, 3.63) is 60.2 Å². The molecule has 0 N–H and O–H groups in total. The van der Waals surface area contributed by atoms with Gasteiger partial charge in [-0.1, -0.05) is 54.6 Å². The van der Waals surface area contributed by atoms with Gasteiger partial charge in [0.05, 0.1) is 6.04 Å². The minimum Gasteiger partial charge on any atom is -0.447 e. The van der Waals surface area contributed by atoms with Crippen molar-refractivity contribution in [1.29, 1.82) is 0 Å². The third-order valence-corrected chi connectivity index (χ3v) is 6.36. The van der Waals surface area contributed by atoms with E-state index >= 15 is 0 Å². The quantitative estimate of drug-likeness (QED) is 0.385. The fourth-order valence-corrected chi connectivity index (χ4v) is 4.57. The van der Waals surface area contributed by atoms with Crippen LogP contribution in [0.25, 0.3) is 0 Å². The van der Waals surface area contributed by atoms with Crippen molar-refractivity contribution in [2.24, 2.45) is 0 Å². The van der Waals surface area contributed by atoms with E-state index in [1.54, 1.807) is 20.3 Å². The third kappa shape index (κ3) is 6.20. The predicted octanol–water partition coefficient (Wildman–Crippen LogP) is 4.21. The Morgan fingerprint density at radius 2 is 2.03 bits per heavy atom. The van der Waals surface area contributed by atoms with Gasteiger partial charge in [0.2, 0.25) is 0 Å². The lowest BCUT2D eigenvalue weighted by molar-refractivity contribution is -0.130. The SMILES string of the molecule is C=C/C(C)=C/[C@](C)(SCCC(OC)OC)C(=O)N1C(=O)OC[C@H]1Cc1ccccc1. The minimum atomic E-state index is -0.956. The highest BCUT2D eigenvalue weighted by Gasteiger charge is 2.45. The summed E-state index contributed by atoms with van der Waals surface area (Å²) in [5, 5.41) is 0. The van der Waals surface area contributed by atoms with Crippen molar-refractivity contribution >= 4 is 23.8 Å². The normalized spacial score (nSPS) is 19.0. The number of imide groups is 1. The number of carbonyl (C=O) groups is 2. The fourth-order valence-electron chi connectivity index (χ4n) is 3.34. The Morgan fingerprint density at radius 1 is 1.37 bits per heavy atom. The summed E-state index contributed by atoms with van der Waals surface area (Å²) in [7, 11) is 3.17. The Kier molecular flexibility index (Phi) is 9.14. The minimum absolute atomic E-state index is 0.194. The van der Waals surface area contributed by atoms with Gasteiger partial charge in [-0.05, 0) is 31.6 Å². The van der Waals surface area contributed by atoms with Crippen LogP contribution in [-0.4, -0.2) is 60.6 Å². The Bertz CT molecular complexity index is 762. The van der Waals surface area contributed by atoms with Gasteiger partial charge in [0, 0.05) is 20.6 Å². The van der Waals surface area contributed by atoms with Crippen LogP contribution in [-0.2, 0) is 25.4 Å². The lowest BCUT2D eigenvalue weighted by Crippen LogP contribution is -2.49. The van der Waals surface area contributed by atoms with Crippen LogP contribution in [0.5, 0.6) is 0 Å². The maximum absolute atomic E-state index is 13.6. The van der Waals surface area contributed by atoms with Crippen molar-refractivity contribution in [1.82, 2.24) is 4.90 Å². The maximum atomic E-state index is 13.6. The van der Waals surface area contributed by atoms with Crippen LogP contribution in [0.3, 0.4) is 0 Å². The van der Waals surface area contributed by atoms with Crippen LogP contribution in [0, 0.1) is 0 Å². The summed E-state index contributed by atoms with van der Waals surface area (Å²) >= 11 is 1.45. The molecule has 30 heavy (non-hydrogen) atoms. The van der Waals surface area contributed by atoms with Gasteiger partial charge < -0.3 is 14.2 Å². The maximum Gasteiger partial charge on any atom is 0.417 e. The molecule has 2 atom stereocenters. The van der Waals surface area contributed by atoms with Crippen LogP contribution >= 0.6 is 11.8 Å². The number of carbonyl (C=O) groups excluding carboxylic acids is 2. The molecule has 0 radical (unpaired) electrons. The van der Waals surface area contributed by atoms with Crippen molar-refractivity contribution in [2.45, 2.75) is 43.8 Å². The Hall–Kier alpha value is -2.09. The highest BCUT2D eigenvalue weighted by atomic mass is 32.2. The second-order valence-electron chi connectivity index (χ2n) is 7.33. The largest absolute Gasteiger partial charge is 0.447 e. The number of hydrogen-bond acceptors (Lipinski definition) is 6. The summed E-state index contributed by atoms with van der Waals surface area (Å²) in [6.07, 6.45) is 3.78. The van der Waals surface area contributed by atoms with Crippen LogP contribution in [0.15, 0.2) is 54.6 Å². The molecule has 7 heteroatoms. The Labute approximate surface area is 183 Å². The average molecular weight is 434 g/mol. The number of rotatable bonds is 11. The van der Waals surface area contributed by atoms with E-state index < -0.39 is 10.8 Å². The molecule has 1 heterocycles. The van der Waals surface area contributed by atoms with E-state index in [-0.39, 0.29) is 24.8 Å². The zero-order valence-electron chi connectivity index (χ0n) is 18.1. The van der Waals surface area contributed by atoms with Crippen LogP contribution in [0.4, 0.5) is 4.79 Å². The number of cyclic esters (lactones) is 1. The molecule has 1 aliphatic rings. The van der Waals surface area contributed by atoms with Crippen LogP contribution in [0.2, 0.25) is 0 Å². The van der Waals surface area contributed by atoms with Gasteiger partial charge in [0.15, 0.2) is 6.29 Å². The molecule has 0 spiro atoms. The fraction of sp³-hybridized carbons (Fsp3) is 0.478. The van der Waals surface area contributed by atoms with Gasteiger partial charge in [-0.25, -0.2) is 9.69 Å². The van der Waals surface area contributed by atoms with Gasteiger partial charge in [-0.3, -0.25) is 4.79 Å². The highest BCUT2D eigenvalue weighted by molar-refractivity contribution is 8.01. The number of benzene rings is 1. The molecular formula is C23H31NO5S. The van der Waals surface area contributed by atoms with E-state index in [9.17, 15) is 9.59 Å². The first kappa shape index (κ1) is 24.2. The molecule has 2 amide bonds. The number of methoxy groups -OCH3 is 2. The number of thioether (sulfide) groups is 1. The molecule has 0 aromatic heterocycles. The molecule has 6 nitrogen and oxygen atoms in total. The number of ether oxygens (including phenoxy) is 3. The first-order chi connectivity index (χ1) is 14.3. The predicted molar refractivity (Wildman–Crippen MR) is 119 cm³/mol. The zero-order chi connectivity index (χ0) is 22.1. The summed E-state index contributed by atoms with van der Waals surface area (Å²) in [5.74, 6) is 0.324. The van der Waals surface area contributed by atoms with E-state index in [0.29, 0.717) is 18.6 Å². The van der Waals surface area contributed by atoms with Crippen molar-refractivity contribution < 1.29 is 23.8 Å². The van der Waals surface area contributed by atoms with Crippen molar-refractivity contribution in [2.75, 3.05) is 26.6 Å². The molecule has 0 bridgehead atoms. The molecular weight excluding hydrogens is 402 g/mol. The van der Waals surface area contributed by atoms with Crippen LogP contribution < -0.4 is 0 Å². The third-order valence-electron chi connectivity index (χ3n) is 5.02. The standard InChI is InChI=1S/C23H31NO5S/c1-6-17(2)15-23(3,30-13-12-20(27-4)28-5)21(25)24-19(16-29-22(24)26)14-18-10-8-7-9-11-18/h6-11,15,19-20H,1,12-14,16H2,2-5H3/b17-15+/t19-,23+/m1/s1. The molecule has 1 aromatic rings. The first-order valence-electron chi connectivity index (χ1n) is 9.90.